The van der Waals surface area contributed by atoms with Gasteiger partial charge in [0.15, 0.2) is 0 Å². The molecular weight excluding hydrogens is 200 g/mol. The van der Waals surface area contributed by atoms with E-state index >= 15 is 0 Å². The summed E-state index contributed by atoms with van der Waals surface area (Å²) in [4.78, 5) is 26.0. The number of oxime groups is 1. The van der Waals surface area contributed by atoms with Gasteiger partial charge < -0.3 is 10.6 Å². The topological polar surface area (TPSA) is 104 Å². The molecule has 0 aromatic heterocycles. The summed E-state index contributed by atoms with van der Waals surface area (Å²) in [5, 5.41) is 16.1. The van der Waals surface area contributed by atoms with Crippen LogP contribution in [0, 0.1) is 11.3 Å². The second-order valence-corrected chi connectivity index (χ2v) is 2.44. The molecule has 0 rings (SSSR count). The molecule has 0 spiro atoms. The molecular formula is C8H12N4O3. The average molecular weight is 212 g/mol. The van der Waals surface area contributed by atoms with Crippen LogP contribution in [0.25, 0.3) is 0 Å². The fourth-order valence-electron chi connectivity index (χ4n) is 0.577. The number of carbonyl (C=O) groups is 2. The van der Waals surface area contributed by atoms with E-state index in [-0.39, 0.29) is 0 Å². The maximum Gasteiger partial charge on any atom is 0.433 e. The monoisotopic (exact) mass is 212 g/mol. The summed E-state index contributed by atoms with van der Waals surface area (Å²) in [7, 11) is 1.34. The zero-order valence-corrected chi connectivity index (χ0v) is 8.53. The lowest BCUT2D eigenvalue weighted by Gasteiger charge is -1.99. The van der Waals surface area contributed by atoms with E-state index in [0.29, 0.717) is 6.54 Å². The first-order valence-electron chi connectivity index (χ1n) is 4.30. The Balaban J connectivity index is 4.18. The minimum Gasteiger partial charge on any atom is -0.353 e. The number of hydrogen-bond acceptors (Lipinski definition) is 5. The summed E-state index contributed by atoms with van der Waals surface area (Å²) in [5.41, 5.74) is -0.510. The van der Waals surface area contributed by atoms with Gasteiger partial charge in [-0.1, -0.05) is 12.1 Å². The molecule has 2 amide bonds. The molecule has 0 heterocycles. The number of nitrogens with zero attached hydrogens (tertiary/aromatic N) is 2. The maximum atomic E-state index is 10.9. The zero-order valence-electron chi connectivity index (χ0n) is 8.53. The Morgan fingerprint density at radius 2 is 2.20 bits per heavy atom. The third-order valence-electron chi connectivity index (χ3n) is 1.29. The highest BCUT2D eigenvalue weighted by atomic mass is 16.7. The molecule has 82 valence electrons. The van der Waals surface area contributed by atoms with Crippen molar-refractivity contribution < 1.29 is 14.4 Å². The summed E-state index contributed by atoms with van der Waals surface area (Å²) in [6.07, 6.45) is -0.0483. The molecule has 0 aromatic carbocycles. The van der Waals surface area contributed by atoms with Crippen molar-refractivity contribution in [3.05, 3.63) is 0 Å². The van der Waals surface area contributed by atoms with Gasteiger partial charge in [-0.2, -0.15) is 5.26 Å². The minimum absolute atomic E-state index is 0.441. The van der Waals surface area contributed by atoms with Crippen molar-refractivity contribution in [3.63, 3.8) is 0 Å². The predicted octanol–water partition coefficient (Wildman–Crippen LogP) is -0.252. The molecule has 0 fully saturated rings. The maximum absolute atomic E-state index is 10.9. The summed E-state index contributed by atoms with van der Waals surface area (Å²) in [6.45, 7) is 2.31. The Morgan fingerprint density at radius 3 is 2.67 bits per heavy atom. The SMILES string of the molecule is CCCNC(=O)ON=C(C#N)C(=O)NC. The lowest BCUT2D eigenvalue weighted by Crippen LogP contribution is -2.28. The fourth-order valence-corrected chi connectivity index (χ4v) is 0.577. The van der Waals surface area contributed by atoms with Crippen LogP contribution in [0.2, 0.25) is 0 Å². The van der Waals surface area contributed by atoms with E-state index in [1.807, 2.05) is 6.92 Å². The van der Waals surface area contributed by atoms with Gasteiger partial charge in [0.05, 0.1) is 0 Å². The number of hydrogen-bond donors (Lipinski definition) is 2. The lowest BCUT2D eigenvalue weighted by molar-refractivity contribution is -0.114. The van der Waals surface area contributed by atoms with Gasteiger partial charge >= 0.3 is 6.09 Å². The van der Waals surface area contributed by atoms with Crippen LogP contribution in [0.15, 0.2) is 5.16 Å². The molecule has 0 radical (unpaired) electrons. The molecule has 0 saturated heterocycles. The molecule has 0 saturated carbocycles. The molecule has 7 nitrogen and oxygen atoms in total. The minimum atomic E-state index is -0.798. The van der Waals surface area contributed by atoms with Crippen LogP contribution in [0.1, 0.15) is 13.3 Å². The van der Waals surface area contributed by atoms with Gasteiger partial charge in [0, 0.05) is 13.6 Å². The van der Waals surface area contributed by atoms with E-state index in [4.69, 9.17) is 5.26 Å². The highest BCUT2D eigenvalue weighted by Crippen LogP contribution is 1.84. The molecule has 0 aliphatic heterocycles. The lowest BCUT2D eigenvalue weighted by atomic mass is 10.4. The van der Waals surface area contributed by atoms with Crippen LogP contribution in [-0.4, -0.2) is 31.3 Å². The first kappa shape index (κ1) is 12.9. The van der Waals surface area contributed by atoms with Crippen molar-refractivity contribution in [2.75, 3.05) is 13.6 Å². The highest BCUT2D eigenvalue weighted by Gasteiger charge is 2.10. The van der Waals surface area contributed by atoms with Gasteiger partial charge in [-0.15, -0.1) is 0 Å². The van der Waals surface area contributed by atoms with Gasteiger partial charge in [-0.3, -0.25) is 9.63 Å². The van der Waals surface area contributed by atoms with Crippen LogP contribution in [0.4, 0.5) is 4.79 Å². The molecule has 0 bridgehead atoms. The molecule has 0 aromatic rings. The van der Waals surface area contributed by atoms with Crippen LogP contribution < -0.4 is 10.6 Å². The molecule has 2 N–H and O–H groups in total. The third kappa shape index (κ3) is 5.25. The van der Waals surface area contributed by atoms with Crippen molar-refractivity contribution in [1.29, 1.82) is 5.26 Å². The first-order chi connectivity index (χ1) is 7.15. The Morgan fingerprint density at radius 1 is 1.53 bits per heavy atom. The van der Waals surface area contributed by atoms with Crippen molar-refractivity contribution in [2.45, 2.75) is 13.3 Å². The van der Waals surface area contributed by atoms with Gasteiger partial charge in [0.25, 0.3) is 5.91 Å². The van der Waals surface area contributed by atoms with Crippen LogP contribution in [0.3, 0.4) is 0 Å². The van der Waals surface area contributed by atoms with E-state index in [1.165, 1.54) is 13.1 Å². The Kier molecular flexibility index (Phi) is 6.29. The summed E-state index contributed by atoms with van der Waals surface area (Å²) in [6, 6.07) is 1.50. The number of carbonyl (C=O) groups excluding carboxylic acids is 2. The van der Waals surface area contributed by atoms with E-state index in [2.05, 4.69) is 20.6 Å². The number of nitriles is 1. The van der Waals surface area contributed by atoms with Crippen molar-refractivity contribution in [3.8, 4) is 6.07 Å². The highest BCUT2D eigenvalue weighted by molar-refractivity contribution is 6.44. The number of nitrogens with one attached hydrogen (secondary N) is 2. The Hall–Kier alpha value is -2.10. The molecule has 0 aliphatic rings. The second-order valence-electron chi connectivity index (χ2n) is 2.44. The normalized spacial score (nSPS) is 10.1. The van der Waals surface area contributed by atoms with Crippen LogP contribution in [-0.2, 0) is 9.63 Å². The van der Waals surface area contributed by atoms with Crippen LogP contribution in [0.5, 0.6) is 0 Å². The quantitative estimate of drug-likeness (QED) is 0.381. The van der Waals surface area contributed by atoms with Crippen molar-refractivity contribution in [1.82, 2.24) is 10.6 Å². The van der Waals surface area contributed by atoms with E-state index in [0.717, 1.165) is 6.42 Å². The summed E-state index contributed by atoms with van der Waals surface area (Å²) < 4.78 is 0. The number of amides is 2. The molecule has 7 heteroatoms. The Labute approximate surface area is 87.1 Å². The van der Waals surface area contributed by atoms with Gasteiger partial charge in [-0.25, -0.2) is 4.79 Å². The van der Waals surface area contributed by atoms with E-state index < -0.39 is 17.7 Å². The van der Waals surface area contributed by atoms with E-state index in [1.54, 1.807) is 0 Å². The van der Waals surface area contributed by atoms with Crippen LogP contribution >= 0.6 is 0 Å². The molecule has 0 atom stereocenters. The fraction of sp³-hybridized carbons (Fsp3) is 0.500. The second kappa shape index (κ2) is 7.32. The summed E-state index contributed by atoms with van der Waals surface area (Å²) >= 11 is 0. The van der Waals surface area contributed by atoms with Gasteiger partial charge in [0.2, 0.25) is 5.71 Å². The smallest absolute Gasteiger partial charge is 0.353 e. The number of rotatable bonds is 4. The van der Waals surface area contributed by atoms with Crippen molar-refractivity contribution in [2.24, 2.45) is 5.16 Å². The average Bonchev–Trinajstić information content (AvgIpc) is 2.26. The van der Waals surface area contributed by atoms with E-state index in [9.17, 15) is 9.59 Å². The van der Waals surface area contributed by atoms with Crippen molar-refractivity contribution >= 4 is 17.7 Å². The Bertz CT molecular complexity index is 305. The molecule has 15 heavy (non-hydrogen) atoms. The molecule has 0 aliphatic carbocycles. The van der Waals surface area contributed by atoms with Gasteiger partial charge in [0.1, 0.15) is 6.07 Å². The first-order valence-corrected chi connectivity index (χ1v) is 4.30. The largest absolute Gasteiger partial charge is 0.433 e. The molecule has 0 unspecified atom stereocenters. The zero-order chi connectivity index (χ0) is 11.7. The third-order valence-corrected chi connectivity index (χ3v) is 1.29. The standard InChI is InChI=1S/C8H12N4O3/c1-3-4-11-8(14)15-12-6(5-9)7(13)10-2/h3-4H2,1-2H3,(H,10,13)(H,11,14). The summed E-state index contributed by atoms with van der Waals surface area (Å²) in [5.74, 6) is -0.708. The predicted molar refractivity (Wildman–Crippen MR) is 51.9 cm³/mol. The van der Waals surface area contributed by atoms with Gasteiger partial charge in [-0.05, 0) is 6.42 Å².